The summed E-state index contributed by atoms with van der Waals surface area (Å²) in [5.74, 6) is 0.881. The van der Waals surface area contributed by atoms with Crippen molar-refractivity contribution < 1.29 is 14.3 Å². The molecule has 0 spiro atoms. The van der Waals surface area contributed by atoms with E-state index >= 15 is 0 Å². The smallest absolute Gasteiger partial charge is 0.234 e. The lowest BCUT2D eigenvalue weighted by Crippen LogP contribution is -2.62. The van der Waals surface area contributed by atoms with Crippen molar-refractivity contribution >= 4 is 45.3 Å². The van der Waals surface area contributed by atoms with E-state index in [0.29, 0.717) is 36.4 Å². The van der Waals surface area contributed by atoms with Crippen LogP contribution < -0.4 is 20.4 Å². The van der Waals surface area contributed by atoms with Crippen molar-refractivity contribution in [2.75, 3.05) is 61.1 Å². The molecule has 5 saturated heterocycles. The van der Waals surface area contributed by atoms with Gasteiger partial charge in [-0.2, -0.15) is 10.4 Å². The minimum absolute atomic E-state index is 0.195. The van der Waals surface area contributed by atoms with E-state index in [1.807, 2.05) is 47.2 Å². The lowest BCUT2D eigenvalue weighted by Gasteiger charge is -2.51. The van der Waals surface area contributed by atoms with Crippen LogP contribution in [0.25, 0.3) is 27.5 Å². The third-order valence-electron chi connectivity index (χ3n) is 13.0. The molecule has 3 atom stereocenters. The monoisotopic (exact) mass is 812 g/mol. The number of aromatic nitrogens is 6. The highest BCUT2D eigenvalue weighted by Crippen LogP contribution is 2.39. The van der Waals surface area contributed by atoms with Crippen LogP contribution in [-0.2, 0) is 14.3 Å². The number of nitrogens with one attached hydrogen (secondary N) is 2. The zero-order valence-corrected chi connectivity index (χ0v) is 33.8. The summed E-state index contributed by atoms with van der Waals surface area (Å²) in [6.07, 6.45) is 14.0. The number of nitriles is 1. The molecular formula is C43H48N12O3S. The van der Waals surface area contributed by atoms with Gasteiger partial charge < -0.3 is 19.9 Å². The number of fused-ring (bicyclic) bond motifs is 3. The molecule has 59 heavy (non-hydrogen) atoms. The van der Waals surface area contributed by atoms with Crippen LogP contribution in [0.5, 0.6) is 0 Å². The van der Waals surface area contributed by atoms with Gasteiger partial charge in [-0.3, -0.25) is 24.8 Å². The van der Waals surface area contributed by atoms with E-state index in [0.717, 1.165) is 121 Å². The van der Waals surface area contributed by atoms with Gasteiger partial charge in [0.15, 0.2) is 5.01 Å². The van der Waals surface area contributed by atoms with E-state index in [1.165, 1.54) is 19.3 Å². The van der Waals surface area contributed by atoms with E-state index in [1.54, 1.807) is 17.5 Å². The molecule has 0 saturated carbocycles. The first-order valence-corrected chi connectivity index (χ1v) is 21.9. The van der Waals surface area contributed by atoms with Gasteiger partial charge in [-0.15, -0.1) is 10.2 Å². The van der Waals surface area contributed by atoms with Crippen LogP contribution in [0.3, 0.4) is 0 Å². The standard InChI is InChI=1S/C43H48N12O3S/c44-20-28-18-31-5-7-38(55(31)47-21-28)37-19-36(48-30-12-16-58-17-13-30)35(23-45-37)42-50-51-43(59-42)53-25-32-2-1-3-33(26-53)54(32)24-27-10-14-52(15-11-27)39-8-4-29(22-46-39)34-6-9-40(56)49-41(34)57/h4-5,7-8,18-19,21-23,27,30,32-34H,1-3,6,9-17,24-26H2,(H,45,48)(H,49,56,57)/t32?,33?,34-/m0/s1. The number of carbonyl (C=O) groups is 2. The Kier molecular flexibility index (Phi) is 10.4. The maximum absolute atomic E-state index is 12.4. The second kappa shape index (κ2) is 16.3. The molecule has 5 aliphatic heterocycles. The van der Waals surface area contributed by atoms with Crippen molar-refractivity contribution in [3.05, 3.63) is 66.1 Å². The predicted molar refractivity (Wildman–Crippen MR) is 224 cm³/mol. The molecule has 2 amide bonds. The summed E-state index contributed by atoms with van der Waals surface area (Å²) in [5.41, 5.74) is 5.80. The maximum atomic E-state index is 12.4. The largest absolute Gasteiger partial charge is 0.381 e. The SMILES string of the molecule is N#Cc1cnn2c(-c3cc(NC4CCOCC4)c(-c4nnc(N5CC6CCCC(C5)N6CC5CCN(c6ccc([C@@H]7CCC(=O)NC7=O)cn6)CC5)s4)cn3)ccc2c1. The minimum Gasteiger partial charge on any atom is -0.381 e. The van der Waals surface area contributed by atoms with Gasteiger partial charge in [0.25, 0.3) is 0 Å². The first-order valence-electron chi connectivity index (χ1n) is 21.1. The fourth-order valence-corrected chi connectivity index (χ4v) is 10.6. The fraction of sp³-hybridized carbons (Fsp3) is 0.488. The predicted octanol–water partition coefficient (Wildman–Crippen LogP) is 5.25. The van der Waals surface area contributed by atoms with E-state index < -0.39 is 0 Å². The van der Waals surface area contributed by atoms with Crippen LogP contribution in [0.4, 0.5) is 16.6 Å². The first kappa shape index (κ1) is 37.7. The number of carbonyl (C=O) groups excluding carboxylic acids is 2. The Labute approximate surface area is 346 Å². The molecule has 2 N–H and O–H groups in total. The van der Waals surface area contributed by atoms with Gasteiger partial charge in [0.2, 0.25) is 16.9 Å². The Morgan fingerprint density at radius 3 is 2.49 bits per heavy atom. The fourth-order valence-electron chi connectivity index (χ4n) is 9.75. The Morgan fingerprint density at radius 1 is 0.898 bits per heavy atom. The number of hydrogen-bond donors (Lipinski definition) is 2. The van der Waals surface area contributed by atoms with Crippen LogP contribution in [0.15, 0.2) is 55.0 Å². The second-order valence-electron chi connectivity index (χ2n) is 16.7. The molecule has 5 aromatic rings. The molecule has 5 aromatic heterocycles. The minimum atomic E-state index is -0.307. The van der Waals surface area contributed by atoms with Gasteiger partial charge in [-0.05, 0) is 86.8 Å². The average Bonchev–Trinajstić information content (AvgIpc) is 3.92. The lowest BCUT2D eigenvalue weighted by atomic mass is 9.88. The van der Waals surface area contributed by atoms with Crippen molar-refractivity contribution in [2.24, 2.45) is 5.92 Å². The number of rotatable bonds is 9. The summed E-state index contributed by atoms with van der Waals surface area (Å²) < 4.78 is 7.49. The molecular weight excluding hydrogens is 765 g/mol. The highest BCUT2D eigenvalue weighted by atomic mass is 32.1. The first-order chi connectivity index (χ1) is 29.0. The molecule has 0 aliphatic carbocycles. The Bertz CT molecular complexity index is 2360. The van der Waals surface area contributed by atoms with Gasteiger partial charge in [0.05, 0.1) is 40.1 Å². The molecule has 15 nitrogen and oxygen atoms in total. The van der Waals surface area contributed by atoms with Gasteiger partial charge in [-0.25, -0.2) is 9.50 Å². The Hall–Kier alpha value is -5.50. The third-order valence-corrected chi connectivity index (χ3v) is 14.0. The molecule has 0 radical (unpaired) electrons. The number of piperazine rings is 1. The molecule has 2 bridgehead atoms. The number of pyridine rings is 2. The quantitative estimate of drug-likeness (QED) is 0.185. The molecule has 10 rings (SSSR count). The lowest BCUT2D eigenvalue weighted by molar-refractivity contribution is -0.134. The van der Waals surface area contributed by atoms with Gasteiger partial charge in [-0.1, -0.05) is 23.8 Å². The summed E-state index contributed by atoms with van der Waals surface area (Å²) in [6.45, 7) is 6.46. The number of piperidine rings is 3. The van der Waals surface area contributed by atoms with Crippen molar-refractivity contribution in [1.82, 2.24) is 40.0 Å². The van der Waals surface area contributed by atoms with E-state index in [4.69, 9.17) is 24.9 Å². The van der Waals surface area contributed by atoms with E-state index in [-0.39, 0.29) is 23.8 Å². The van der Waals surface area contributed by atoms with Gasteiger partial charge in [0.1, 0.15) is 11.9 Å². The van der Waals surface area contributed by atoms with Crippen LogP contribution in [0.2, 0.25) is 0 Å². The number of ether oxygens (including phenoxy) is 1. The zero-order chi connectivity index (χ0) is 39.9. The van der Waals surface area contributed by atoms with Crippen LogP contribution in [0.1, 0.15) is 74.8 Å². The van der Waals surface area contributed by atoms with Crippen LogP contribution >= 0.6 is 11.3 Å². The second-order valence-corrected chi connectivity index (χ2v) is 17.6. The number of amides is 2. The molecule has 16 heteroatoms. The summed E-state index contributed by atoms with van der Waals surface area (Å²) in [5, 5.41) is 31.6. The van der Waals surface area contributed by atoms with E-state index in [2.05, 4.69) is 42.6 Å². The molecule has 2 unspecified atom stereocenters. The summed E-state index contributed by atoms with van der Waals surface area (Å²) in [4.78, 5) is 41.3. The number of hydrogen-bond acceptors (Lipinski definition) is 14. The number of nitrogens with zero attached hydrogens (tertiary/aromatic N) is 10. The summed E-state index contributed by atoms with van der Waals surface area (Å²) in [7, 11) is 0. The summed E-state index contributed by atoms with van der Waals surface area (Å²) >= 11 is 1.65. The number of anilines is 3. The molecule has 5 aliphatic rings. The van der Waals surface area contributed by atoms with Crippen molar-refractivity contribution in [2.45, 2.75) is 81.8 Å². The van der Waals surface area contributed by atoms with Crippen molar-refractivity contribution in [3.63, 3.8) is 0 Å². The Morgan fingerprint density at radius 2 is 1.73 bits per heavy atom. The average molecular weight is 813 g/mol. The van der Waals surface area contributed by atoms with Crippen LogP contribution in [0, 0.1) is 17.2 Å². The molecule has 10 heterocycles. The highest BCUT2D eigenvalue weighted by molar-refractivity contribution is 7.18. The molecule has 5 fully saturated rings. The number of imide groups is 1. The third kappa shape index (κ3) is 7.74. The van der Waals surface area contributed by atoms with E-state index in [9.17, 15) is 14.9 Å². The van der Waals surface area contributed by atoms with Gasteiger partial charge >= 0.3 is 0 Å². The Balaban J connectivity index is 0.801. The normalized spacial score (nSPS) is 23.3. The summed E-state index contributed by atoms with van der Waals surface area (Å²) in [6, 6.07) is 15.4. The molecule has 0 aromatic carbocycles. The zero-order valence-electron chi connectivity index (χ0n) is 33.0. The van der Waals surface area contributed by atoms with Crippen molar-refractivity contribution in [1.29, 1.82) is 5.26 Å². The maximum Gasteiger partial charge on any atom is 0.234 e. The van der Waals surface area contributed by atoms with Crippen LogP contribution in [-0.4, -0.2) is 111 Å². The topological polar surface area (TPSA) is 170 Å². The molecule has 304 valence electrons. The highest BCUT2D eigenvalue weighted by Gasteiger charge is 2.40. The van der Waals surface area contributed by atoms with Crippen molar-refractivity contribution in [3.8, 4) is 28.0 Å². The van der Waals surface area contributed by atoms with Gasteiger partial charge in [0, 0.05) is 88.6 Å².